The Kier molecular flexibility index (Phi) is 9.15. The Morgan fingerprint density at radius 1 is 0.854 bits per heavy atom. The van der Waals surface area contributed by atoms with Crippen LogP contribution in [0.25, 0.3) is 0 Å². The van der Waals surface area contributed by atoms with E-state index >= 15 is 0 Å². The Labute approximate surface area is 284 Å². The molecule has 0 aliphatic carbocycles. The number of hydrogen-bond acceptors (Lipinski definition) is 11. The number of benzene rings is 4. The summed E-state index contributed by atoms with van der Waals surface area (Å²) in [5.74, 6) is -1.56. The molecule has 1 saturated heterocycles. The van der Waals surface area contributed by atoms with E-state index in [0.29, 0.717) is 17.0 Å². The van der Waals surface area contributed by atoms with Gasteiger partial charge in [0.05, 0.1) is 29.9 Å². The van der Waals surface area contributed by atoms with Gasteiger partial charge in [-0.05, 0) is 53.9 Å². The molecular weight excluding hydrogens is 651 g/mol. The van der Waals surface area contributed by atoms with Gasteiger partial charge in [0.1, 0.15) is 5.01 Å². The summed E-state index contributed by atoms with van der Waals surface area (Å²) in [5.41, 5.74) is 4.39. The Balaban J connectivity index is 1.19. The molecule has 2 aliphatic rings. The lowest BCUT2D eigenvalue weighted by Gasteiger charge is -2.43. The summed E-state index contributed by atoms with van der Waals surface area (Å²) >= 11 is 3.12. The van der Waals surface area contributed by atoms with Crippen LogP contribution in [0.3, 0.4) is 0 Å². The van der Waals surface area contributed by atoms with E-state index in [0.717, 1.165) is 26.0 Å². The number of carbonyl (C=O) groups excluding carboxylic acids is 3. The maximum absolute atomic E-state index is 13.2. The number of cyclic esters (lactones) is 2. The zero-order valence-electron chi connectivity index (χ0n) is 25.6. The summed E-state index contributed by atoms with van der Waals surface area (Å²) < 4.78 is 19.0. The minimum atomic E-state index is -0.785. The molecule has 5 aromatic rings. The molecule has 48 heavy (non-hydrogen) atoms. The number of aryl methyl sites for hydroxylation is 1. The van der Waals surface area contributed by atoms with Crippen molar-refractivity contribution in [2.45, 2.75) is 42.3 Å². The van der Waals surface area contributed by atoms with Crippen molar-refractivity contribution in [1.29, 1.82) is 0 Å². The van der Waals surface area contributed by atoms with Gasteiger partial charge in [-0.25, -0.2) is 9.59 Å². The Morgan fingerprint density at radius 3 is 2.38 bits per heavy atom. The molecule has 4 unspecified atom stereocenters. The molecular formula is C36H29N3O7S2. The predicted molar refractivity (Wildman–Crippen MR) is 179 cm³/mol. The van der Waals surface area contributed by atoms with Crippen LogP contribution in [0.4, 0.5) is 5.69 Å². The summed E-state index contributed by atoms with van der Waals surface area (Å²) in [6, 6.07) is 29.3. The molecule has 0 bridgehead atoms. The number of anilines is 1. The third kappa shape index (κ3) is 6.66. The van der Waals surface area contributed by atoms with Crippen molar-refractivity contribution in [1.82, 2.24) is 10.2 Å². The number of nitrogens with zero attached hydrogens (tertiary/aromatic N) is 2. The number of aliphatic hydroxyl groups is 1. The molecule has 0 radical (unpaired) electrons. The highest BCUT2D eigenvalue weighted by molar-refractivity contribution is 8.01. The topological polar surface area (TPSA) is 137 Å². The molecule has 4 atom stereocenters. The van der Waals surface area contributed by atoms with Crippen LogP contribution < -0.4 is 5.32 Å². The second-order valence-corrected chi connectivity index (χ2v) is 13.8. The van der Waals surface area contributed by atoms with Crippen LogP contribution in [0.1, 0.15) is 76.6 Å². The molecule has 2 N–H and O–H groups in total. The largest absolute Gasteiger partial charge is 0.392 e. The van der Waals surface area contributed by atoms with E-state index < -0.39 is 30.2 Å². The third-order valence-electron chi connectivity index (χ3n) is 8.17. The first-order chi connectivity index (χ1) is 23.4. The number of thioether (sulfide) groups is 1. The van der Waals surface area contributed by atoms with Gasteiger partial charge in [0.15, 0.2) is 10.6 Å². The highest BCUT2D eigenvalue weighted by Gasteiger charge is 2.42. The highest BCUT2D eigenvalue weighted by atomic mass is 32.2. The van der Waals surface area contributed by atoms with Crippen molar-refractivity contribution >= 4 is 46.6 Å². The van der Waals surface area contributed by atoms with E-state index in [-0.39, 0.29) is 35.3 Å². The first kappa shape index (κ1) is 31.9. The number of rotatable bonds is 9. The first-order valence-corrected chi connectivity index (χ1v) is 17.0. The smallest absolute Gasteiger partial charge is 0.346 e. The second kappa shape index (κ2) is 13.8. The zero-order valence-corrected chi connectivity index (χ0v) is 27.2. The van der Waals surface area contributed by atoms with Gasteiger partial charge in [-0.1, -0.05) is 89.8 Å². The molecule has 2 aliphatic heterocycles. The summed E-state index contributed by atoms with van der Waals surface area (Å²) in [6.45, 7) is 1.86. The van der Waals surface area contributed by atoms with Crippen LogP contribution in [0, 0.1) is 6.92 Å². The number of aliphatic hydroxyl groups excluding tert-OH is 1. The molecule has 0 saturated carbocycles. The Bertz CT molecular complexity index is 1980. The van der Waals surface area contributed by atoms with Gasteiger partial charge < -0.3 is 24.6 Å². The van der Waals surface area contributed by atoms with Crippen LogP contribution in [0.5, 0.6) is 0 Å². The Morgan fingerprint density at radius 2 is 1.62 bits per heavy atom. The van der Waals surface area contributed by atoms with Crippen molar-refractivity contribution in [2.75, 3.05) is 11.1 Å². The number of nitrogens with one attached hydrogen (secondary N) is 1. The van der Waals surface area contributed by atoms with E-state index in [1.54, 1.807) is 30.0 Å². The SMILES string of the molecule is Cc1nnc(SCC2OC(c3cccc(NC(=O)c4ccc5c(c4)C(=O)OC5=O)c3)OC(c3ccc(CO)cc3)C2c2ccccc2)s1. The fraction of sp³-hybridized carbons (Fsp3) is 0.194. The van der Waals surface area contributed by atoms with Crippen molar-refractivity contribution in [3.05, 3.63) is 141 Å². The maximum atomic E-state index is 13.2. The minimum Gasteiger partial charge on any atom is -0.392 e. The normalized spacial score (nSPS) is 20.3. The van der Waals surface area contributed by atoms with E-state index in [1.165, 1.54) is 29.5 Å². The molecule has 3 heterocycles. The van der Waals surface area contributed by atoms with Crippen molar-refractivity contribution in [3.8, 4) is 0 Å². The van der Waals surface area contributed by atoms with Crippen molar-refractivity contribution < 1.29 is 33.7 Å². The summed E-state index contributed by atoms with van der Waals surface area (Å²) in [7, 11) is 0. The summed E-state index contributed by atoms with van der Waals surface area (Å²) in [5, 5.41) is 21.9. The predicted octanol–water partition coefficient (Wildman–Crippen LogP) is 6.63. The average Bonchev–Trinajstić information content (AvgIpc) is 3.67. The molecule has 10 nitrogen and oxygen atoms in total. The zero-order chi connectivity index (χ0) is 33.2. The summed E-state index contributed by atoms with van der Waals surface area (Å²) in [4.78, 5) is 37.1. The molecule has 242 valence electrons. The number of esters is 2. The van der Waals surface area contributed by atoms with Crippen LogP contribution in [0.2, 0.25) is 0 Å². The van der Waals surface area contributed by atoms with Crippen LogP contribution >= 0.6 is 23.1 Å². The average molecular weight is 680 g/mol. The number of fused-ring (bicyclic) bond motifs is 1. The lowest BCUT2D eigenvalue weighted by molar-refractivity contribution is -0.255. The van der Waals surface area contributed by atoms with Gasteiger partial charge in [-0.2, -0.15) is 0 Å². The van der Waals surface area contributed by atoms with Crippen molar-refractivity contribution in [2.24, 2.45) is 0 Å². The van der Waals surface area contributed by atoms with Crippen LogP contribution in [-0.4, -0.2) is 45.0 Å². The van der Waals surface area contributed by atoms with Crippen LogP contribution in [-0.2, 0) is 20.8 Å². The monoisotopic (exact) mass is 679 g/mol. The van der Waals surface area contributed by atoms with Gasteiger partial charge in [0.25, 0.3) is 5.91 Å². The molecule has 7 rings (SSSR count). The number of aromatic nitrogens is 2. The van der Waals surface area contributed by atoms with Gasteiger partial charge >= 0.3 is 11.9 Å². The molecule has 1 amide bonds. The highest BCUT2D eigenvalue weighted by Crippen LogP contribution is 2.48. The van der Waals surface area contributed by atoms with Gasteiger partial charge in [0, 0.05) is 28.5 Å². The standard InChI is InChI=1S/C36H29N3O7S2/c1-20-38-39-36(48-20)47-19-29-30(22-6-3-2-4-7-22)31(23-12-10-21(18-40)11-13-23)45-35(44-29)25-8-5-9-26(16-25)37-32(41)24-14-15-27-28(17-24)34(43)46-33(27)42/h2-17,29-31,35,40H,18-19H2,1H3,(H,37,41). The maximum Gasteiger partial charge on any atom is 0.346 e. The van der Waals surface area contributed by atoms with Crippen LogP contribution in [0.15, 0.2) is 101 Å². The van der Waals surface area contributed by atoms with Gasteiger partial charge in [-0.15, -0.1) is 10.2 Å². The second-order valence-electron chi connectivity index (χ2n) is 11.3. The number of carbonyl (C=O) groups is 3. The van der Waals surface area contributed by atoms with E-state index in [2.05, 4.69) is 32.4 Å². The summed E-state index contributed by atoms with van der Waals surface area (Å²) in [6.07, 6.45) is -1.50. The van der Waals surface area contributed by atoms with E-state index in [4.69, 9.17) is 9.47 Å². The minimum absolute atomic E-state index is 0.0593. The lowest BCUT2D eigenvalue weighted by atomic mass is 9.84. The Hall–Kier alpha value is -4.72. The number of hydrogen-bond donors (Lipinski definition) is 2. The number of ether oxygens (including phenoxy) is 3. The fourth-order valence-electron chi connectivity index (χ4n) is 5.83. The molecule has 1 aromatic heterocycles. The molecule has 1 fully saturated rings. The molecule has 12 heteroatoms. The first-order valence-electron chi connectivity index (χ1n) is 15.2. The van der Waals surface area contributed by atoms with Crippen molar-refractivity contribution in [3.63, 3.8) is 0 Å². The number of amides is 1. The molecule has 4 aromatic carbocycles. The van der Waals surface area contributed by atoms with Gasteiger partial charge in [-0.3, -0.25) is 4.79 Å². The fourth-order valence-corrected chi connectivity index (χ4v) is 7.74. The lowest BCUT2D eigenvalue weighted by Crippen LogP contribution is -2.38. The molecule has 0 spiro atoms. The third-order valence-corrected chi connectivity index (χ3v) is 10.2. The van der Waals surface area contributed by atoms with Gasteiger partial charge in [0.2, 0.25) is 0 Å². The van der Waals surface area contributed by atoms with E-state index in [9.17, 15) is 19.5 Å². The quantitative estimate of drug-likeness (QED) is 0.0992. The van der Waals surface area contributed by atoms with E-state index in [1.807, 2.05) is 55.5 Å².